The number of nitrogens with zero attached hydrogens (tertiary/aromatic N) is 3. The number of hydrazine groups is 1. The van der Waals surface area contributed by atoms with Crippen molar-refractivity contribution in [3.05, 3.63) is 63.9 Å². The Morgan fingerprint density at radius 3 is 2.55 bits per heavy atom. The number of carbonyl (C=O) groups is 1. The molecule has 15 heteroatoms. The summed E-state index contributed by atoms with van der Waals surface area (Å²) in [5, 5.41) is 12.0. The lowest BCUT2D eigenvalue weighted by Crippen LogP contribution is -2.49. The van der Waals surface area contributed by atoms with E-state index in [1.807, 2.05) is 0 Å². The van der Waals surface area contributed by atoms with Crippen LogP contribution in [-0.2, 0) is 10.1 Å². The van der Waals surface area contributed by atoms with Gasteiger partial charge in [0.1, 0.15) is 11.6 Å². The Morgan fingerprint density at radius 1 is 1.20 bits per heavy atom. The van der Waals surface area contributed by atoms with Crippen molar-refractivity contribution in [2.75, 3.05) is 18.8 Å². The van der Waals surface area contributed by atoms with Crippen molar-refractivity contribution in [1.82, 2.24) is 20.0 Å². The molecule has 1 aliphatic rings. The van der Waals surface area contributed by atoms with Gasteiger partial charge in [-0.15, -0.1) is 0 Å². The minimum absolute atomic E-state index is 0.0705. The van der Waals surface area contributed by atoms with Crippen LogP contribution in [0.1, 0.15) is 35.4 Å². The van der Waals surface area contributed by atoms with Crippen LogP contribution in [0.25, 0.3) is 17.1 Å². The van der Waals surface area contributed by atoms with E-state index in [4.69, 9.17) is 27.4 Å². The van der Waals surface area contributed by atoms with Crippen molar-refractivity contribution in [3.63, 3.8) is 0 Å². The molecular weight excluding hydrogens is 596 g/mol. The molecular formula is C25H25Cl2F3N4O5S. The highest BCUT2D eigenvalue weighted by molar-refractivity contribution is 7.87. The number of hydrogen-bond acceptors (Lipinski definition) is 7. The molecule has 3 aromatic rings. The second-order valence-corrected chi connectivity index (χ2v) is 11.7. The van der Waals surface area contributed by atoms with E-state index in [0.717, 1.165) is 0 Å². The summed E-state index contributed by atoms with van der Waals surface area (Å²) in [4.78, 5) is 17.8. The monoisotopic (exact) mass is 620 g/mol. The zero-order valence-corrected chi connectivity index (χ0v) is 23.4. The second kappa shape index (κ2) is 12.0. The Balaban J connectivity index is 1.68. The lowest BCUT2D eigenvalue weighted by molar-refractivity contribution is -0.130. The van der Waals surface area contributed by atoms with Gasteiger partial charge in [-0.2, -0.15) is 21.6 Å². The van der Waals surface area contributed by atoms with Crippen LogP contribution in [-0.4, -0.2) is 65.1 Å². The first-order valence-electron chi connectivity index (χ1n) is 12.1. The third-order valence-corrected chi connectivity index (χ3v) is 8.09. The molecule has 40 heavy (non-hydrogen) atoms. The third-order valence-electron chi connectivity index (χ3n) is 6.13. The lowest BCUT2D eigenvalue weighted by Gasteiger charge is -2.29. The van der Waals surface area contributed by atoms with Crippen LogP contribution in [0.15, 0.2) is 42.5 Å². The maximum absolute atomic E-state index is 13.2. The number of alkyl halides is 3. The van der Waals surface area contributed by atoms with Gasteiger partial charge in [0.05, 0.1) is 34.0 Å². The Labute approximate surface area is 238 Å². The lowest BCUT2D eigenvalue weighted by atomic mass is 10.1. The molecule has 9 nitrogen and oxygen atoms in total. The van der Waals surface area contributed by atoms with Gasteiger partial charge in [-0.25, -0.2) is 9.99 Å². The van der Waals surface area contributed by atoms with Gasteiger partial charge < -0.3 is 9.29 Å². The number of piperidine rings is 1. The van der Waals surface area contributed by atoms with E-state index in [0.29, 0.717) is 36.3 Å². The van der Waals surface area contributed by atoms with E-state index in [9.17, 15) is 31.5 Å². The number of hydrogen-bond donors (Lipinski definition) is 2. The predicted molar refractivity (Wildman–Crippen MR) is 143 cm³/mol. The van der Waals surface area contributed by atoms with Crippen molar-refractivity contribution in [2.45, 2.75) is 38.5 Å². The van der Waals surface area contributed by atoms with E-state index < -0.39 is 40.5 Å². The number of amides is 1. The van der Waals surface area contributed by atoms with Crippen molar-refractivity contribution in [3.8, 4) is 22.8 Å². The van der Waals surface area contributed by atoms with Crippen molar-refractivity contribution >= 4 is 39.2 Å². The van der Waals surface area contributed by atoms with Crippen molar-refractivity contribution in [1.29, 1.82) is 0 Å². The highest BCUT2D eigenvalue weighted by Crippen LogP contribution is 2.36. The van der Waals surface area contributed by atoms with Crippen molar-refractivity contribution < 1.29 is 35.7 Å². The summed E-state index contributed by atoms with van der Waals surface area (Å²) in [6.45, 7) is 2.48. The molecule has 0 aliphatic carbocycles. The minimum Gasteiger partial charge on any atom is -0.392 e. The Morgan fingerprint density at radius 2 is 1.90 bits per heavy atom. The van der Waals surface area contributed by atoms with E-state index >= 15 is 0 Å². The Hall–Kier alpha value is -2.84. The van der Waals surface area contributed by atoms with Gasteiger partial charge in [0.25, 0.3) is 5.91 Å². The molecule has 1 unspecified atom stereocenters. The number of aliphatic hydroxyl groups excluding tert-OH is 1. The molecule has 1 saturated heterocycles. The van der Waals surface area contributed by atoms with E-state index in [2.05, 4.69) is 10.4 Å². The average Bonchev–Trinajstić information content (AvgIpc) is 3.21. The Kier molecular flexibility index (Phi) is 9.00. The summed E-state index contributed by atoms with van der Waals surface area (Å²) in [6.07, 6.45) is -5.40. The fourth-order valence-electron chi connectivity index (χ4n) is 4.22. The van der Waals surface area contributed by atoms with Gasteiger partial charge in [0.2, 0.25) is 0 Å². The number of imidazole rings is 1. The van der Waals surface area contributed by atoms with Gasteiger partial charge in [-0.3, -0.25) is 14.8 Å². The first-order chi connectivity index (χ1) is 18.7. The number of aromatic nitrogens is 2. The van der Waals surface area contributed by atoms with Crippen LogP contribution < -0.4 is 9.61 Å². The molecule has 0 radical (unpaired) electrons. The number of rotatable bonds is 8. The fourth-order valence-corrected chi connectivity index (χ4v) is 5.58. The maximum Gasteiger partial charge on any atom is 0.390 e. The quantitative estimate of drug-likeness (QED) is 0.344. The van der Waals surface area contributed by atoms with Crippen LogP contribution in [0.4, 0.5) is 13.2 Å². The number of halogens is 5. The summed E-state index contributed by atoms with van der Waals surface area (Å²) in [6, 6.07) is 10.4. The van der Waals surface area contributed by atoms with Crippen molar-refractivity contribution in [2.24, 2.45) is 0 Å². The van der Waals surface area contributed by atoms with Crippen LogP contribution in [0.2, 0.25) is 10.0 Å². The predicted octanol–water partition coefficient (Wildman–Crippen LogP) is 4.92. The van der Waals surface area contributed by atoms with Crippen LogP contribution >= 0.6 is 23.2 Å². The smallest absolute Gasteiger partial charge is 0.390 e. The summed E-state index contributed by atoms with van der Waals surface area (Å²) in [7, 11) is -4.49. The van der Waals surface area contributed by atoms with Crippen LogP contribution in [0.3, 0.4) is 0 Å². The molecule has 4 rings (SSSR count). The second-order valence-electron chi connectivity index (χ2n) is 9.19. The number of benzene rings is 2. The van der Waals surface area contributed by atoms with Gasteiger partial charge in [0, 0.05) is 24.3 Å². The largest absolute Gasteiger partial charge is 0.392 e. The average molecular weight is 621 g/mol. The molecule has 0 spiro atoms. The molecule has 1 aromatic heterocycles. The minimum atomic E-state index is -4.64. The third kappa shape index (κ3) is 7.26. The molecule has 2 N–H and O–H groups in total. The number of nitrogens with one attached hydrogen (secondary N) is 1. The first-order valence-corrected chi connectivity index (χ1v) is 14.4. The zero-order valence-electron chi connectivity index (χ0n) is 21.1. The standard InChI is InChI=1S/C25H25Cl2F3N4O5S/c1-15-22(24(36)32-33-12-3-4-17(35)14-33)31-23(19-5-2-6-20(26)21(19)27)34(15)16-7-9-18(10-8-16)39-40(37,38)13-11-25(28,29)30/h2,5-10,17,35H,3-4,11-14H2,1H3,(H,32,36). The van der Waals surface area contributed by atoms with Gasteiger partial charge in [-0.05, 0) is 56.2 Å². The summed E-state index contributed by atoms with van der Waals surface area (Å²) in [5.74, 6) is -1.66. The molecule has 1 amide bonds. The summed E-state index contributed by atoms with van der Waals surface area (Å²) in [5.41, 5.74) is 4.10. The zero-order chi connectivity index (χ0) is 29.2. The summed E-state index contributed by atoms with van der Waals surface area (Å²) < 4.78 is 67.8. The van der Waals surface area contributed by atoms with E-state index in [1.165, 1.54) is 24.3 Å². The number of aliphatic hydroxyl groups is 1. The maximum atomic E-state index is 13.2. The molecule has 1 atom stereocenters. The van der Waals surface area contributed by atoms with Gasteiger partial charge >= 0.3 is 16.3 Å². The highest BCUT2D eigenvalue weighted by atomic mass is 35.5. The van der Waals surface area contributed by atoms with E-state index in [1.54, 1.807) is 34.7 Å². The number of β-amino-alcohol motifs (C(OH)–C–C–N with tert-alkyl or cyclic N) is 1. The topological polar surface area (TPSA) is 114 Å². The molecule has 0 bridgehead atoms. The van der Waals surface area contributed by atoms with Gasteiger partial charge in [-0.1, -0.05) is 29.3 Å². The molecule has 0 saturated carbocycles. The SMILES string of the molecule is Cc1c(C(=O)NN2CCCC(O)C2)nc(-c2cccc(Cl)c2Cl)n1-c1ccc(OS(=O)(=O)CCC(F)(F)F)cc1. The fraction of sp³-hybridized carbons (Fsp3) is 0.360. The highest BCUT2D eigenvalue weighted by Gasteiger charge is 2.31. The number of carbonyl (C=O) groups excluding carboxylic acids is 1. The first kappa shape index (κ1) is 30.1. The Bertz CT molecular complexity index is 1500. The molecule has 2 heterocycles. The van der Waals surface area contributed by atoms with Gasteiger partial charge in [0.15, 0.2) is 5.69 Å². The molecule has 216 valence electrons. The summed E-state index contributed by atoms with van der Waals surface area (Å²) >= 11 is 12.7. The van der Waals surface area contributed by atoms with Crippen LogP contribution in [0.5, 0.6) is 5.75 Å². The normalized spacial score (nSPS) is 16.6. The van der Waals surface area contributed by atoms with Crippen LogP contribution in [0, 0.1) is 6.92 Å². The molecule has 2 aromatic carbocycles. The van der Waals surface area contributed by atoms with E-state index in [-0.39, 0.29) is 33.9 Å². The molecule has 1 fully saturated rings. The molecule has 1 aliphatic heterocycles.